The number of aryl methyl sites for hydroxylation is 1. The summed E-state index contributed by atoms with van der Waals surface area (Å²) < 4.78 is 54.1. The second-order valence-corrected chi connectivity index (χ2v) is 10.1. The van der Waals surface area contributed by atoms with E-state index in [1.54, 1.807) is 30.1 Å². The van der Waals surface area contributed by atoms with Gasteiger partial charge in [0.2, 0.25) is 0 Å². The molecule has 1 aromatic carbocycles. The van der Waals surface area contributed by atoms with E-state index in [1.165, 1.54) is 16.8 Å². The Bertz CT molecular complexity index is 1420. The fraction of sp³-hybridized carbons (Fsp3) is 0.462. The number of hydrogen-bond donors (Lipinski definition) is 1. The molecule has 1 saturated carbocycles. The number of fused-ring (bicyclic) bond motifs is 3. The quantitative estimate of drug-likeness (QED) is 0.474. The number of carbonyl (C=O) groups is 1. The molecule has 2 fully saturated rings. The monoisotopic (exact) mass is 517 g/mol. The molecule has 2 aromatic rings. The van der Waals surface area contributed by atoms with E-state index < -0.39 is 41.8 Å². The molecule has 6 rings (SSSR count). The normalized spacial score (nSPS) is 29.8. The predicted molar refractivity (Wildman–Crippen MR) is 127 cm³/mol. The van der Waals surface area contributed by atoms with Crippen LogP contribution in [0.1, 0.15) is 32.1 Å². The van der Waals surface area contributed by atoms with Gasteiger partial charge in [0, 0.05) is 42.3 Å². The standard InChI is InChI=1S/C26H26F3N3O5/c1-13-17(24(33)34)12-31(14-9-10-20-21(11-14)36-25(35)30(20)2)22-23(37-22)32(13)19-8-4-5-15-16(19)6-3-7-18(15)26(27,28)29/h7,9-12,15-16,19,22-23H,1,3-6,8H2,2H3,(H,33,34). The average molecular weight is 518 g/mol. The van der Waals surface area contributed by atoms with Crippen molar-refractivity contribution in [3.8, 4) is 0 Å². The van der Waals surface area contributed by atoms with Gasteiger partial charge in [-0.1, -0.05) is 19.1 Å². The molecule has 1 N–H and O–H groups in total. The SMILES string of the molecule is C=C1C(C(=O)O)=CN(c2ccc3c(c2)oc(=O)n3C)C2OC2N1C1CCCC2C(C(F)(F)F)=CCCC21. The van der Waals surface area contributed by atoms with Gasteiger partial charge in [-0.05, 0) is 49.7 Å². The molecule has 8 nitrogen and oxygen atoms in total. The molecule has 0 amide bonds. The van der Waals surface area contributed by atoms with Crippen molar-refractivity contribution < 1.29 is 32.2 Å². The van der Waals surface area contributed by atoms with Crippen molar-refractivity contribution in [1.29, 1.82) is 0 Å². The van der Waals surface area contributed by atoms with Gasteiger partial charge in [0.15, 0.2) is 18.0 Å². The van der Waals surface area contributed by atoms with E-state index >= 15 is 0 Å². The van der Waals surface area contributed by atoms with E-state index in [0.29, 0.717) is 48.9 Å². The molecule has 196 valence electrons. The first kappa shape index (κ1) is 23.9. The number of anilines is 1. The molecule has 3 heterocycles. The lowest BCUT2D eigenvalue weighted by molar-refractivity contribution is -0.132. The van der Waals surface area contributed by atoms with Crippen molar-refractivity contribution in [2.75, 3.05) is 4.90 Å². The van der Waals surface area contributed by atoms with E-state index in [9.17, 15) is 27.9 Å². The van der Waals surface area contributed by atoms with Gasteiger partial charge in [-0.3, -0.25) is 4.57 Å². The minimum atomic E-state index is -4.38. The van der Waals surface area contributed by atoms with Crippen molar-refractivity contribution in [1.82, 2.24) is 9.47 Å². The number of halogens is 3. The maximum Gasteiger partial charge on any atom is 0.419 e. The fourth-order valence-electron chi connectivity index (χ4n) is 6.43. The van der Waals surface area contributed by atoms with Crippen LogP contribution in [-0.4, -0.2) is 45.2 Å². The van der Waals surface area contributed by atoms with Crippen molar-refractivity contribution in [2.45, 2.75) is 56.8 Å². The van der Waals surface area contributed by atoms with Crippen LogP contribution in [0.15, 0.2) is 63.1 Å². The Morgan fingerprint density at radius 3 is 2.70 bits per heavy atom. The summed E-state index contributed by atoms with van der Waals surface area (Å²) in [5.41, 5.74) is 1.19. The highest BCUT2D eigenvalue weighted by Crippen LogP contribution is 2.51. The molecule has 1 saturated heterocycles. The number of epoxide rings is 1. The smallest absolute Gasteiger partial charge is 0.419 e. The van der Waals surface area contributed by atoms with E-state index in [0.717, 1.165) is 0 Å². The number of oxazole rings is 1. The molecule has 5 atom stereocenters. The minimum absolute atomic E-state index is 0.0602. The number of alkyl halides is 3. The molecule has 0 radical (unpaired) electrons. The van der Waals surface area contributed by atoms with E-state index in [2.05, 4.69) is 6.58 Å². The van der Waals surface area contributed by atoms with Crippen molar-refractivity contribution in [3.63, 3.8) is 0 Å². The van der Waals surface area contributed by atoms with E-state index in [-0.39, 0.29) is 23.2 Å². The van der Waals surface area contributed by atoms with Crippen molar-refractivity contribution >= 4 is 22.8 Å². The van der Waals surface area contributed by atoms with Crippen LogP contribution in [0.2, 0.25) is 0 Å². The number of carboxylic acids is 1. The summed E-state index contributed by atoms with van der Waals surface area (Å²) in [6, 6.07) is 4.76. The van der Waals surface area contributed by atoms with Crippen LogP contribution in [0.5, 0.6) is 0 Å². The number of aliphatic carboxylic acids is 1. The zero-order valence-electron chi connectivity index (χ0n) is 20.1. The molecule has 0 spiro atoms. The lowest BCUT2D eigenvalue weighted by Crippen LogP contribution is -2.49. The average Bonchev–Trinajstić information content (AvgIpc) is 3.58. The van der Waals surface area contributed by atoms with Gasteiger partial charge < -0.3 is 24.1 Å². The topological polar surface area (TPSA) is 91.5 Å². The highest BCUT2D eigenvalue weighted by molar-refractivity contribution is 5.92. The summed E-state index contributed by atoms with van der Waals surface area (Å²) in [7, 11) is 1.59. The van der Waals surface area contributed by atoms with Crippen molar-refractivity contribution in [3.05, 3.63) is 64.4 Å². The molecular weight excluding hydrogens is 491 g/mol. The van der Waals surface area contributed by atoms with Gasteiger partial charge in [-0.25, -0.2) is 9.59 Å². The first-order chi connectivity index (χ1) is 17.6. The highest BCUT2D eigenvalue weighted by Gasteiger charge is 2.56. The second-order valence-electron chi connectivity index (χ2n) is 10.1. The van der Waals surface area contributed by atoms with Crippen LogP contribution in [0.3, 0.4) is 0 Å². The zero-order chi connectivity index (χ0) is 26.2. The second kappa shape index (κ2) is 8.27. The molecule has 11 heteroatoms. The van der Waals surface area contributed by atoms with Crippen LogP contribution < -0.4 is 10.7 Å². The Hall–Kier alpha value is -3.47. The summed E-state index contributed by atoms with van der Waals surface area (Å²) >= 11 is 0. The Morgan fingerprint density at radius 2 is 1.97 bits per heavy atom. The molecule has 2 aliphatic heterocycles. The van der Waals surface area contributed by atoms with Gasteiger partial charge in [0.05, 0.1) is 11.1 Å². The predicted octanol–water partition coefficient (Wildman–Crippen LogP) is 4.49. The van der Waals surface area contributed by atoms with Crippen LogP contribution in [0.25, 0.3) is 11.1 Å². The highest BCUT2D eigenvalue weighted by atomic mass is 19.4. The summed E-state index contributed by atoms with van der Waals surface area (Å²) in [5, 5.41) is 10.1. The molecular formula is C26H26F3N3O5. The van der Waals surface area contributed by atoms with Gasteiger partial charge >= 0.3 is 17.9 Å². The maximum absolute atomic E-state index is 13.8. The first-order valence-electron chi connectivity index (χ1n) is 12.3. The lowest BCUT2D eigenvalue weighted by Gasteiger charge is -2.47. The Labute approximate surface area is 209 Å². The van der Waals surface area contributed by atoms with Gasteiger partial charge in [-0.2, -0.15) is 13.2 Å². The van der Waals surface area contributed by atoms with Crippen LogP contribution in [0.4, 0.5) is 18.9 Å². The molecule has 0 bridgehead atoms. The number of aromatic nitrogens is 1. The van der Waals surface area contributed by atoms with Crippen LogP contribution >= 0.6 is 0 Å². The summed E-state index contributed by atoms with van der Waals surface area (Å²) in [4.78, 5) is 27.7. The zero-order valence-corrected chi connectivity index (χ0v) is 20.1. The largest absolute Gasteiger partial charge is 0.478 e. The minimum Gasteiger partial charge on any atom is -0.478 e. The Kier molecular flexibility index (Phi) is 5.34. The number of carboxylic acid groups (broad SMARTS) is 1. The molecule has 4 aliphatic rings. The van der Waals surface area contributed by atoms with Crippen LogP contribution in [0, 0.1) is 11.8 Å². The third-order valence-corrected chi connectivity index (χ3v) is 8.16. The number of rotatable bonds is 3. The molecule has 1 aromatic heterocycles. The summed E-state index contributed by atoms with van der Waals surface area (Å²) in [6.07, 6.45) is -0.143. The summed E-state index contributed by atoms with van der Waals surface area (Å²) in [6.45, 7) is 4.08. The third-order valence-electron chi connectivity index (χ3n) is 8.16. The van der Waals surface area contributed by atoms with E-state index in [4.69, 9.17) is 9.15 Å². The number of ether oxygens (including phenoxy) is 1. The first-order valence-corrected chi connectivity index (χ1v) is 12.3. The van der Waals surface area contributed by atoms with E-state index in [1.807, 2.05) is 4.90 Å². The van der Waals surface area contributed by atoms with Gasteiger partial charge in [-0.15, -0.1) is 0 Å². The van der Waals surface area contributed by atoms with Crippen LogP contribution in [-0.2, 0) is 16.6 Å². The Balaban J connectivity index is 1.37. The maximum atomic E-state index is 13.8. The fourth-order valence-corrected chi connectivity index (χ4v) is 6.43. The molecule has 2 aliphatic carbocycles. The summed E-state index contributed by atoms with van der Waals surface area (Å²) in [5.74, 6) is -2.62. The molecule has 37 heavy (non-hydrogen) atoms. The third kappa shape index (κ3) is 3.78. The lowest BCUT2D eigenvalue weighted by atomic mass is 9.67. The Morgan fingerprint density at radius 1 is 1.19 bits per heavy atom. The number of nitrogens with zero attached hydrogens (tertiary/aromatic N) is 3. The van der Waals surface area contributed by atoms with Gasteiger partial charge in [0.1, 0.15) is 0 Å². The molecule has 5 unspecified atom stereocenters. The number of hydrogen-bond acceptors (Lipinski definition) is 6. The van der Waals surface area contributed by atoms with Gasteiger partial charge in [0.25, 0.3) is 0 Å². The number of allylic oxidation sites excluding steroid dienone is 2. The van der Waals surface area contributed by atoms with Crippen molar-refractivity contribution in [2.24, 2.45) is 18.9 Å². The number of benzene rings is 1.